The molecule has 0 aromatic carbocycles. The standard InChI is InChI=1S/C13H22N2O2S2/c1-10-7-13(18-11(10)2)8-14-4-3-12-9-19(16,17)6-5-15-12/h7,12,14-15H,3-6,8-9H2,1-2H3. The van der Waals surface area contributed by atoms with E-state index >= 15 is 0 Å². The highest BCUT2D eigenvalue weighted by molar-refractivity contribution is 7.91. The molecule has 108 valence electrons. The van der Waals surface area contributed by atoms with Gasteiger partial charge in [-0.05, 0) is 38.4 Å². The van der Waals surface area contributed by atoms with Gasteiger partial charge in [0.15, 0.2) is 9.84 Å². The van der Waals surface area contributed by atoms with Crippen molar-refractivity contribution >= 4 is 21.2 Å². The van der Waals surface area contributed by atoms with Crippen molar-refractivity contribution in [3.8, 4) is 0 Å². The van der Waals surface area contributed by atoms with Gasteiger partial charge in [0.1, 0.15) is 0 Å². The predicted octanol–water partition coefficient (Wildman–Crippen LogP) is 1.23. The van der Waals surface area contributed by atoms with Crippen molar-refractivity contribution in [2.24, 2.45) is 0 Å². The van der Waals surface area contributed by atoms with Gasteiger partial charge in [0.05, 0.1) is 11.5 Å². The van der Waals surface area contributed by atoms with E-state index in [2.05, 4.69) is 30.5 Å². The Morgan fingerprint density at radius 3 is 2.89 bits per heavy atom. The molecule has 1 fully saturated rings. The van der Waals surface area contributed by atoms with Gasteiger partial charge in [0.2, 0.25) is 0 Å². The Morgan fingerprint density at radius 2 is 2.26 bits per heavy atom. The molecule has 6 heteroatoms. The largest absolute Gasteiger partial charge is 0.312 e. The highest BCUT2D eigenvalue weighted by Crippen LogP contribution is 2.20. The Morgan fingerprint density at radius 1 is 1.47 bits per heavy atom. The minimum absolute atomic E-state index is 0.109. The van der Waals surface area contributed by atoms with Crippen LogP contribution < -0.4 is 10.6 Å². The van der Waals surface area contributed by atoms with Crippen molar-refractivity contribution in [1.29, 1.82) is 0 Å². The molecule has 0 aliphatic carbocycles. The summed E-state index contributed by atoms with van der Waals surface area (Å²) >= 11 is 1.83. The summed E-state index contributed by atoms with van der Waals surface area (Å²) in [4.78, 5) is 2.72. The topological polar surface area (TPSA) is 58.2 Å². The van der Waals surface area contributed by atoms with E-state index in [4.69, 9.17) is 0 Å². The number of sulfone groups is 1. The van der Waals surface area contributed by atoms with E-state index in [1.165, 1.54) is 15.3 Å². The minimum atomic E-state index is -2.81. The summed E-state index contributed by atoms with van der Waals surface area (Å²) in [6, 6.07) is 2.33. The molecule has 0 amide bonds. The zero-order chi connectivity index (χ0) is 13.9. The fourth-order valence-corrected chi connectivity index (χ4v) is 4.79. The summed E-state index contributed by atoms with van der Waals surface area (Å²) in [6.07, 6.45) is 0.864. The van der Waals surface area contributed by atoms with E-state index in [1.807, 2.05) is 11.3 Å². The number of nitrogens with one attached hydrogen (secondary N) is 2. The number of aryl methyl sites for hydroxylation is 2. The summed E-state index contributed by atoms with van der Waals surface area (Å²) < 4.78 is 23.0. The van der Waals surface area contributed by atoms with E-state index in [-0.39, 0.29) is 17.5 Å². The first kappa shape index (κ1) is 15.0. The molecular weight excluding hydrogens is 280 g/mol. The maximum Gasteiger partial charge on any atom is 0.153 e. The number of thiophene rings is 1. The molecule has 1 unspecified atom stereocenters. The van der Waals surface area contributed by atoms with Gasteiger partial charge in [-0.2, -0.15) is 0 Å². The van der Waals surface area contributed by atoms with Crippen molar-refractivity contribution < 1.29 is 8.42 Å². The molecule has 2 N–H and O–H groups in total. The Hall–Kier alpha value is -0.430. The lowest BCUT2D eigenvalue weighted by molar-refractivity contribution is 0.479. The second-order valence-electron chi connectivity index (χ2n) is 5.18. The molecule has 1 aromatic heterocycles. The van der Waals surface area contributed by atoms with Gasteiger partial charge < -0.3 is 10.6 Å². The van der Waals surface area contributed by atoms with E-state index in [0.29, 0.717) is 6.54 Å². The summed E-state index contributed by atoms with van der Waals surface area (Å²) in [5.41, 5.74) is 1.35. The molecular formula is C13H22N2O2S2. The van der Waals surface area contributed by atoms with Crippen LogP contribution in [0.5, 0.6) is 0 Å². The first-order chi connectivity index (χ1) is 8.96. The lowest BCUT2D eigenvalue weighted by Crippen LogP contribution is -2.46. The van der Waals surface area contributed by atoms with Gasteiger partial charge in [0.25, 0.3) is 0 Å². The minimum Gasteiger partial charge on any atom is -0.312 e. The SMILES string of the molecule is Cc1cc(CNCCC2CS(=O)(=O)CCN2)sc1C. The van der Waals surface area contributed by atoms with Crippen LogP contribution in [0.3, 0.4) is 0 Å². The lowest BCUT2D eigenvalue weighted by Gasteiger charge is -2.23. The van der Waals surface area contributed by atoms with Gasteiger partial charge in [-0.15, -0.1) is 11.3 Å². The molecule has 4 nitrogen and oxygen atoms in total. The third-order valence-corrected chi connectivity index (χ3v) is 6.38. The van der Waals surface area contributed by atoms with Crippen molar-refractivity contribution in [3.63, 3.8) is 0 Å². The Bertz CT molecular complexity index is 503. The fraction of sp³-hybridized carbons (Fsp3) is 0.692. The van der Waals surface area contributed by atoms with Gasteiger partial charge in [-0.25, -0.2) is 8.42 Å². The average molecular weight is 302 g/mol. The molecule has 0 radical (unpaired) electrons. The molecule has 1 aromatic rings. The molecule has 1 saturated heterocycles. The molecule has 1 aliphatic rings. The third-order valence-electron chi connectivity index (χ3n) is 3.49. The second-order valence-corrected chi connectivity index (χ2v) is 8.75. The maximum atomic E-state index is 11.5. The molecule has 2 rings (SSSR count). The highest BCUT2D eigenvalue weighted by atomic mass is 32.2. The van der Waals surface area contributed by atoms with Gasteiger partial charge in [-0.3, -0.25) is 0 Å². The first-order valence-electron chi connectivity index (χ1n) is 6.67. The molecule has 1 atom stereocenters. The summed E-state index contributed by atoms with van der Waals surface area (Å²) in [6.45, 7) is 6.59. The Kier molecular flexibility index (Phi) is 5.00. The maximum absolute atomic E-state index is 11.5. The molecule has 0 saturated carbocycles. The van der Waals surface area contributed by atoms with E-state index in [1.54, 1.807) is 0 Å². The quantitative estimate of drug-likeness (QED) is 0.803. The van der Waals surface area contributed by atoms with Gasteiger partial charge in [-0.1, -0.05) is 0 Å². The molecule has 0 spiro atoms. The van der Waals surface area contributed by atoms with Crippen LogP contribution in [-0.2, 0) is 16.4 Å². The summed E-state index contributed by atoms with van der Waals surface area (Å²) in [5, 5.41) is 6.66. The van der Waals surface area contributed by atoms with Crippen LogP contribution in [0.15, 0.2) is 6.07 Å². The van der Waals surface area contributed by atoms with Crippen LogP contribution in [0.1, 0.15) is 21.7 Å². The van der Waals surface area contributed by atoms with Crippen LogP contribution in [0.4, 0.5) is 0 Å². The van der Waals surface area contributed by atoms with Crippen LogP contribution in [0.25, 0.3) is 0 Å². The number of rotatable bonds is 5. The molecule has 0 bridgehead atoms. The predicted molar refractivity (Wildman–Crippen MR) is 80.6 cm³/mol. The second kappa shape index (κ2) is 6.35. The first-order valence-corrected chi connectivity index (χ1v) is 9.30. The van der Waals surface area contributed by atoms with E-state index < -0.39 is 9.84 Å². The van der Waals surface area contributed by atoms with Crippen LogP contribution in [0, 0.1) is 13.8 Å². The van der Waals surface area contributed by atoms with E-state index in [0.717, 1.165) is 19.5 Å². The van der Waals surface area contributed by atoms with Crippen molar-refractivity contribution in [1.82, 2.24) is 10.6 Å². The molecule has 19 heavy (non-hydrogen) atoms. The smallest absolute Gasteiger partial charge is 0.153 e. The van der Waals surface area contributed by atoms with Crippen molar-refractivity contribution in [2.75, 3.05) is 24.6 Å². The zero-order valence-electron chi connectivity index (χ0n) is 11.5. The fourth-order valence-electron chi connectivity index (χ4n) is 2.28. The van der Waals surface area contributed by atoms with Gasteiger partial charge in [0, 0.05) is 28.9 Å². The van der Waals surface area contributed by atoms with Crippen molar-refractivity contribution in [2.45, 2.75) is 32.9 Å². The van der Waals surface area contributed by atoms with Crippen LogP contribution in [0.2, 0.25) is 0 Å². The summed E-state index contributed by atoms with van der Waals surface area (Å²) in [7, 11) is -2.81. The number of hydrogen-bond donors (Lipinski definition) is 2. The third kappa shape index (κ3) is 4.56. The van der Waals surface area contributed by atoms with Crippen LogP contribution >= 0.6 is 11.3 Å². The normalized spacial score (nSPS) is 22.5. The van der Waals surface area contributed by atoms with Gasteiger partial charge >= 0.3 is 0 Å². The molecule has 2 heterocycles. The Balaban J connectivity index is 1.69. The number of hydrogen-bond acceptors (Lipinski definition) is 5. The van der Waals surface area contributed by atoms with E-state index in [9.17, 15) is 8.42 Å². The monoisotopic (exact) mass is 302 g/mol. The summed E-state index contributed by atoms with van der Waals surface area (Å²) in [5.74, 6) is 0.566. The average Bonchev–Trinajstić information content (AvgIpc) is 2.63. The molecule has 1 aliphatic heterocycles. The van der Waals surface area contributed by atoms with Crippen molar-refractivity contribution in [3.05, 3.63) is 21.4 Å². The highest BCUT2D eigenvalue weighted by Gasteiger charge is 2.23. The Labute approximate surface area is 119 Å². The lowest BCUT2D eigenvalue weighted by atomic mass is 10.2. The zero-order valence-corrected chi connectivity index (χ0v) is 13.2. The van der Waals surface area contributed by atoms with Crippen LogP contribution in [-0.4, -0.2) is 39.1 Å².